The quantitative estimate of drug-likeness (QED) is 0.251. The van der Waals surface area contributed by atoms with E-state index in [1.54, 1.807) is 43.5 Å². The summed E-state index contributed by atoms with van der Waals surface area (Å²) in [5.41, 5.74) is 1.69. The standard InChI is InChI=1S/C29H24BrFN2O5S2/c1-37-19-12-10-18(11-13-19)15-38-29(36)26-22(40-21-9-5-8-20(31)24(21)30)16-39-28-25(27(35)33(26)28)32-23(34)14-17-6-3-2-4-7-17/h2-13,25,28H,14-16H2,1H3,(H,32,34)/t25-,28+/m1/s1. The van der Waals surface area contributed by atoms with Gasteiger partial charge in [-0.1, -0.05) is 60.3 Å². The molecule has 2 aliphatic rings. The molecule has 2 heterocycles. The van der Waals surface area contributed by atoms with Crippen LogP contribution in [-0.2, 0) is 32.1 Å². The summed E-state index contributed by atoms with van der Waals surface area (Å²) in [6.45, 7) is -0.00891. The fourth-order valence-electron chi connectivity index (χ4n) is 4.30. The van der Waals surface area contributed by atoms with E-state index in [1.807, 2.05) is 30.3 Å². The van der Waals surface area contributed by atoms with Crippen molar-refractivity contribution in [2.24, 2.45) is 0 Å². The Morgan fingerprint density at radius 3 is 2.55 bits per heavy atom. The fourth-order valence-corrected chi connectivity index (χ4v) is 7.32. The summed E-state index contributed by atoms with van der Waals surface area (Å²) in [7, 11) is 1.57. The second kappa shape index (κ2) is 12.5. The van der Waals surface area contributed by atoms with E-state index < -0.39 is 29.1 Å². The molecule has 0 unspecified atom stereocenters. The number of nitrogens with zero attached hydrogens (tertiary/aromatic N) is 1. The molecule has 0 aromatic heterocycles. The van der Waals surface area contributed by atoms with E-state index in [1.165, 1.54) is 34.5 Å². The Labute approximate surface area is 247 Å². The summed E-state index contributed by atoms with van der Waals surface area (Å²) >= 11 is 5.91. The number of hydrogen-bond acceptors (Lipinski definition) is 7. The molecular weight excluding hydrogens is 619 g/mol. The summed E-state index contributed by atoms with van der Waals surface area (Å²) in [6.07, 6.45) is 0.142. The van der Waals surface area contributed by atoms with Crippen molar-refractivity contribution in [3.8, 4) is 5.75 Å². The van der Waals surface area contributed by atoms with Gasteiger partial charge in [0.15, 0.2) is 0 Å². The van der Waals surface area contributed by atoms with E-state index in [0.29, 0.717) is 21.3 Å². The summed E-state index contributed by atoms with van der Waals surface area (Å²) in [5, 5.41) is 2.36. The normalized spacial score (nSPS) is 18.1. The molecule has 206 valence electrons. The Morgan fingerprint density at radius 2 is 1.82 bits per heavy atom. The number of fused-ring (bicyclic) bond motifs is 1. The maximum atomic E-state index is 14.2. The minimum atomic E-state index is -0.766. The lowest BCUT2D eigenvalue weighted by atomic mass is 10.0. The number of esters is 1. The molecule has 0 saturated carbocycles. The Morgan fingerprint density at radius 1 is 1.07 bits per heavy atom. The fraction of sp³-hybridized carbons (Fsp3) is 0.207. The number of carbonyl (C=O) groups excluding carboxylic acids is 3. The van der Waals surface area contributed by atoms with Crippen LogP contribution >= 0.6 is 39.5 Å². The van der Waals surface area contributed by atoms with Crippen LogP contribution in [0.2, 0.25) is 0 Å². The molecule has 2 aliphatic heterocycles. The summed E-state index contributed by atoms with van der Waals surface area (Å²) in [6, 6.07) is 20.2. The predicted molar refractivity (Wildman–Crippen MR) is 155 cm³/mol. The summed E-state index contributed by atoms with van der Waals surface area (Å²) in [5.74, 6) is -0.723. The molecule has 7 nitrogen and oxygen atoms in total. The molecule has 1 N–H and O–H groups in total. The zero-order valence-corrected chi connectivity index (χ0v) is 24.5. The van der Waals surface area contributed by atoms with Crippen LogP contribution in [0, 0.1) is 5.82 Å². The van der Waals surface area contributed by atoms with Crippen molar-refractivity contribution in [2.75, 3.05) is 12.9 Å². The maximum absolute atomic E-state index is 14.2. The lowest BCUT2D eigenvalue weighted by Gasteiger charge is -2.49. The number of benzene rings is 3. The number of hydrogen-bond donors (Lipinski definition) is 1. The monoisotopic (exact) mass is 642 g/mol. The van der Waals surface area contributed by atoms with Crippen LogP contribution in [-0.4, -0.2) is 47.0 Å². The van der Waals surface area contributed by atoms with Crippen LogP contribution in [0.15, 0.2) is 92.8 Å². The number of thioether (sulfide) groups is 2. The third kappa shape index (κ3) is 6.06. The number of amides is 2. The van der Waals surface area contributed by atoms with Gasteiger partial charge < -0.3 is 14.8 Å². The second-order valence-corrected chi connectivity index (χ2v) is 12.0. The molecule has 11 heteroatoms. The minimum Gasteiger partial charge on any atom is -0.497 e. The van der Waals surface area contributed by atoms with E-state index >= 15 is 0 Å². The van der Waals surface area contributed by atoms with Crippen molar-refractivity contribution in [3.63, 3.8) is 0 Å². The number of rotatable bonds is 9. The van der Waals surface area contributed by atoms with Crippen LogP contribution in [0.1, 0.15) is 11.1 Å². The lowest BCUT2D eigenvalue weighted by Crippen LogP contribution is -2.70. The molecule has 0 bridgehead atoms. The highest BCUT2D eigenvalue weighted by molar-refractivity contribution is 9.10. The molecule has 5 rings (SSSR count). The molecular formula is C29H24BrFN2O5S2. The van der Waals surface area contributed by atoms with Gasteiger partial charge in [-0.15, -0.1) is 11.8 Å². The molecule has 1 fully saturated rings. The van der Waals surface area contributed by atoms with Crippen LogP contribution in [0.25, 0.3) is 0 Å². The van der Waals surface area contributed by atoms with Gasteiger partial charge in [0.2, 0.25) is 5.91 Å². The molecule has 2 atom stereocenters. The van der Waals surface area contributed by atoms with Crippen LogP contribution in [0.5, 0.6) is 5.75 Å². The van der Waals surface area contributed by atoms with Gasteiger partial charge in [0.05, 0.1) is 18.0 Å². The zero-order chi connectivity index (χ0) is 28.2. The predicted octanol–water partition coefficient (Wildman–Crippen LogP) is 5.29. The average Bonchev–Trinajstić information content (AvgIpc) is 2.97. The Bertz CT molecular complexity index is 1470. The molecule has 0 spiro atoms. The summed E-state index contributed by atoms with van der Waals surface area (Å²) < 4.78 is 25.3. The number of carbonyl (C=O) groups is 3. The number of halogens is 2. The Kier molecular flexibility index (Phi) is 8.82. The first-order chi connectivity index (χ1) is 19.4. The lowest BCUT2D eigenvalue weighted by molar-refractivity contribution is -0.153. The van der Waals surface area contributed by atoms with Gasteiger partial charge in [-0.3, -0.25) is 14.5 Å². The van der Waals surface area contributed by atoms with Gasteiger partial charge in [-0.2, -0.15) is 0 Å². The second-order valence-electron chi connectivity index (χ2n) is 8.97. The molecule has 1 saturated heterocycles. The van der Waals surface area contributed by atoms with Gasteiger partial charge in [-0.25, -0.2) is 9.18 Å². The largest absolute Gasteiger partial charge is 0.497 e. The average molecular weight is 644 g/mol. The Hall–Kier alpha value is -3.28. The van der Waals surface area contributed by atoms with Crippen molar-refractivity contribution in [3.05, 3.63) is 105 Å². The maximum Gasteiger partial charge on any atom is 0.356 e. The van der Waals surface area contributed by atoms with Crippen LogP contribution in [0.3, 0.4) is 0 Å². The van der Waals surface area contributed by atoms with E-state index in [4.69, 9.17) is 9.47 Å². The highest BCUT2D eigenvalue weighted by Crippen LogP contribution is 2.46. The van der Waals surface area contributed by atoms with Gasteiger partial charge in [0.25, 0.3) is 5.91 Å². The first kappa shape index (κ1) is 28.3. The number of ether oxygens (including phenoxy) is 2. The molecule has 2 amide bonds. The number of β-lactam (4-membered cyclic amide) rings is 1. The van der Waals surface area contributed by atoms with E-state index in [2.05, 4.69) is 21.2 Å². The van der Waals surface area contributed by atoms with E-state index in [-0.39, 0.29) is 29.1 Å². The minimum absolute atomic E-state index is 0.00891. The molecule has 40 heavy (non-hydrogen) atoms. The number of methoxy groups -OCH3 is 1. The number of nitrogens with one attached hydrogen (secondary N) is 1. The van der Waals surface area contributed by atoms with E-state index in [9.17, 15) is 18.8 Å². The zero-order valence-electron chi connectivity index (χ0n) is 21.3. The van der Waals surface area contributed by atoms with Gasteiger partial charge in [0.1, 0.15) is 35.3 Å². The van der Waals surface area contributed by atoms with Crippen molar-refractivity contribution in [1.29, 1.82) is 0 Å². The van der Waals surface area contributed by atoms with Crippen molar-refractivity contribution in [1.82, 2.24) is 10.2 Å². The van der Waals surface area contributed by atoms with Gasteiger partial charge >= 0.3 is 5.97 Å². The first-order valence-electron chi connectivity index (χ1n) is 12.3. The Balaban J connectivity index is 1.36. The SMILES string of the molecule is COc1ccc(COC(=O)C2=C(Sc3cccc(F)c3Br)CS[C@H]3[C@H](NC(=O)Cc4ccccc4)C(=O)N23)cc1. The molecule has 3 aromatic rings. The van der Waals surface area contributed by atoms with Gasteiger partial charge in [0, 0.05) is 15.6 Å². The van der Waals surface area contributed by atoms with Crippen molar-refractivity contribution < 1.29 is 28.2 Å². The van der Waals surface area contributed by atoms with Crippen LogP contribution in [0.4, 0.5) is 4.39 Å². The molecule has 3 aromatic carbocycles. The van der Waals surface area contributed by atoms with Crippen molar-refractivity contribution >= 4 is 57.2 Å². The highest BCUT2D eigenvalue weighted by atomic mass is 79.9. The van der Waals surface area contributed by atoms with Crippen molar-refractivity contribution in [2.45, 2.75) is 29.3 Å². The topological polar surface area (TPSA) is 84.9 Å². The third-order valence-corrected chi connectivity index (χ3v) is 10.0. The van der Waals surface area contributed by atoms with Crippen LogP contribution < -0.4 is 10.1 Å². The summed E-state index contributed by atoms with van der Waals surface area (Å²) in [4.78, 5) is 42.0. The first-order valence-corrected chi connectivity index (χ1v) is 14.9. The molecule has 0 radical (unpaired) electrons. The smallest absolute Gasteiger partial charge is 0.356 e. The third-order valence-electron chi connectivity index (χ3n) is 6.33. The molecule has 0 aliphatic carbocycles. The highest BCUT2D eigenvalue weighted by Gasteiger charge is 2.54. The van der Waals surface area contributed by atoms with Gasteiger partial charge in [-0.05, 0) is 51.3 Å². The van der Waals surface area contributed by atoms with E-state index in [0.717, 1.165) is 11.1 Å².